The molecule has 3 rings (SSSR count). The predicted octanol–water partition coefficient (Wildman–Crippen LogP) is 1.92. The van der Waals surface area contributed by atoms with Gasteiger partial charge in [-0.1, -0.05) is 18.2 Å². The van der Waals surface area contributed by atoms with Crippen LogP contribution in [0.2, 0.25) is 0 Å². The van der Waals surface area contributed by atoms with E-state index >= 15 is 0 Å². The third-order valence-corrected chi connectivity index (χ3v) is 4.18. The van der Waals surface area contributed by atoms with Crippen molar-refractivity contribution in [1.29, 1.82) is 0 Å². The first-order valence-electron chi connectivity index (χ1n) is 7.54. The molecular weight excluding hydrogens is 296 g/mol. The first-order valence-corrected chi connectivity index (χ1v) is 7.54. The molecule has 0 saturated carbocycles. The van der Waals surface area contributed by atoms with Crippen molar-refractivity contribution in [3.8, 4) is 5.75 Å². The van der Waals surface area contributed by atoms with Crippen LogP contribution in [-0.4, -0.2) is 33.3 Å². The highest BCUT2D eigenvalue weighted by Gasteiger charge is 2.25. The molecule has 23 heavy (non-hydrogen) atoms. The lowest BCUT2D eigenvalue weighted by atomic mass is 10.2. The van der Waals surface area contributed by atoms with Gasteiger partial charge in [-0.3, -0.25) is 4.79 Å². The van der Waals surface area contributed by atoms with Crippen molar-refractivity contribution < 1.29 is 15.0 Å². The molecule has 1 saturated heterocycles. The third-order valence-electron chi connectivity index (χ3n) is 4.18. The standard InChI is InChI=1S/C17H18N2O4/c20-15-11-18(10-14(16(15)21)17(22)23)9-13-7-4-8-19(13)12-5-2-1-3-6-12/h1-3,5-6,10-11,13,20H,4,7-9H2,(H,22,23). The van der Waals surface area contributed by atoms with E-state index in [1.54, 1.807) is 4.57 Å². The van der Waals surface area contributed by atoms with Gasteiger partial charge in [0.25, 0.3) is 0 Å². The summed E-state index contributed by atoms with van der Waals surface area (Å²) < 4.78 is 1.59. The van der Waals surface area contributed by atoms with Gasteiger partial charge < -0.3 is 19.7 Å². The molecule has 120 valence electrons. The maximum absolute atomic E-state index is 11.6. The summed E-state index contributed by atoms with van der Waals surface area (Å²) in [6.07, 6.45) is 4.63. The molecule has 0 spiro atoms. The van der Waals surface area contributed by atoms with E-state index in [4.69, 9.17) is 5.11 Å². The lowest BCUT2D eigenvalue weighted by Crippen LogP contribution is -2.33. The maximum atomic E-state index is 11.6. The van der Waals surface area contributed by atoms with Crippen LogP contribution in [-0.2, 0) is 6.54 Å². The van der Waals surface area contributed by atoms with Gasteiger partial charge in [-0.2, -0.15) is 0 Å². The van der Waals surface area contributed by atoms with Gasteiger partial charge in [0.15, 0.2) is 5.75 Å². The Hall–Kier alpha value is -2.76. The minimum Gasteiger partial charge on any atom is -0.503 e. The summed E-state index contributed by atoms with van der Waals surface area (Å²) in [6, 6.07) is 10.2. The highest BCUT2D eigenvalue weighted by atomic mass is 16.4. The van der Waals surface area contributed by atoms with Crippen molar-refractivity contribution in [3.05, 3.63) is 58.5 Å². The summed E-state index contributed by atoms with van der Waals surface area (Å²) in [5.41, 5.74) is -0.131. The Kier molecular flexibility index (Phi) is 4.06. The third kappa shape index (κ3) is 3.06. The van der Waals surface area contributed by atoms with Crippen LogP contribution in [0.1, 0.15) is 23.2 Å². The number of aromatic carboxylic acids is 1. The van der Waals surface area contributed by atoms with Crippen molar-refractivity contribution >= 4 is 11.7 Å². The lowest BCUT2D eigenvalue weighted by molar-refractivity contribution is 0.0693. The quantitative estimate of drug-likeness (QED) is 0.901. The zero-order valence-corrected chi connectivity index (χ0v) is 12.6. The minimum atomic E-state index is -1.33. The molecular formula is C17H18N2O4. The highest BCUT2D eigenvalue weighted by Crippen LogP contribution is 2.26. The molecule has 1 aliphatic rings. The van der Waals surface area contributed by atoms with Crippen LogP contribution in [0.4, 0.5) is 5.69 Å². The number of pyridine rings is 1. The van der Waals surface area contributed by atoms with Crippen molar-refractivity contribution in [1.82, 2.24) is 4.57 Å². The minimum absolute atomic E-state index is 0.195. The summed E-state index contributed by atoms with van der Waals surface area (Å²) in [5, 5.41) is 18.7. The topological polar surface area (TPSA) is 82.8 Å². The van der Waals surface area contributed by atoms with Crippen molar-refractivity contribution in [3.63, 3.8) is 0 Å². The van der Waals surface area contributed by atoms with Gasteiger partial charge in [0.2, 0.25) is 5.43 Å². The van der Waals surface area contributed by atoms with Gasteiger partial charge in [-0.25, -0.2) is 4.79 Å². The fourth-order valence-electron chi connectivity index (χ4n) is 3.10. The summed E-state index contributed by atoms with van der Waals surface area (Å²) >= 11 is 0. The van der Waals surface area contributed by atoms with Crippen LogP contribution in [0.5, 0.6) is 5.75 Å². The molecule has 1 fully saturated rings. The summed E-state index contributed by atoms with van der Waals surface area (Å²) in [4.78, 5) is 25.0. The number of nitrogens with zero attached hydrogens (tertiary/aromatic N) is 2. The Morgan fingerprint density at radius 3 is 2.65 bits per heavy atom. The average molecular weight is 314 g/mol. The van der Waals surface area contributed by atoms with E-state index in [0.717, 1.165) is 25.1 Å². The number of aromatic hydroxyl groups is 1. The SMILES string of the molecule is O=C(O)c1cn(CC2CCCN2c2ccccc2)cc(O)c1=O. The number of hydrogen-bond acceptors (Lipinski definition) is 4. The Bertz CT molecular complexity index is 770. The van der Waals surface area contributed by atoms with Crippen LogP contribution in [0, 0.1) is 0 Å². The molecule has 2 aromatic rings. The summed E-state index contributed by atoms with van der Waals surface area (Å²) in [5.74, 6) is -1.86. The van der Waals surface area contributed by atoms with Crippen LogP contribution in [0.15, 0.2) is 47.5 Å². The number of carboxylic acids is 1. The van der Waals surface area contributed by atoms with E-state index in [9.17, 15) is 14.7 Å². The molecule has 1 atom stereocenters. The predicted molar refractivity (Wildman–Crippen MR) is 86.1 cm³/mol. The van der Waals surface area contributed by atoms with Crippen LogP contribution >= 0.6 is 0 Å². The maximum Gasteiger partial charge on any atom is 0.341 e. The van der Waals surface area contributed by atoms with E-state index in [1.807, 2.05) is 30.3 Å². The summed E-state index contributed by atoms with van der Waals surface area (Å²) in [6.45, 7) is 1.45. The molecule has 0 amide bonds. The Morgan fingerprint density at radius 2 is 1.96 bits per heavy atom. The molecule has 0 aliphatic carbocycles. The van der Waals surface area contributed by atoms with Crippen LogP contribution in [0.3, 0.4) is 0 Å². The first kappa shape index (κ1) is 15.1. The van der Waals surface area contributed by atoms with E-state index in [-0.39, 0.29) is 6.04 Å². The molecule has 6 nitrogen and oxygen atoms in total. The largest absolute Gasteiger partial charge is 0.503 e. The lowest BCUT2D eigenvalue weighted by Gasteiger charge is -2.27. The van der Waals surface area contributed by atoms with Gasteiger partial charge in [-0.15, -0.1) is 0 Å². The van der Waals surface area contributed by atoms with Crippen molar-refractivity contribution in [2.45, 2.75) is 25.4 Å². The molecule has 0 bridgehead atoms. The van der Waals surface area contributed by atoms with E-state index in [0.29, 0.717) is 6.54 Å². The van der Waals surface area contributed by atoms with Gasteiger partial charge in [0.05, 0.1) is 0 Å². The molecule has 6 heteroatoms. The first-order chi connectivity index (χ1) is 11.1. The van der Waals surface area contributed by atoms with Crippen LogP contribution in [0.25, 0.3) is 0 Å². The van der Waals surface area contributed by atoms with Gasteiger partial charge in [-0.05, 0) is 25.0 Å². The Labute approximate surface area is 133 Å². The van der Waals surface area contributed by atoms with E-state index in [1.165, 1.54) is 12.4 Å². The second-order valence-electron chi connectivity index (χ2n) is 5.71. The fraction of sp³-hybridized carbons (Fsp3) is 0.294. The van der Waals surface area contributed by atoms with Crippen molar-refractivity contribution in [2.24, 2.45) is 0 Å². The second-order valence-corrected chi connectivity index (χ2v) is 5.71. The smallest absolute Gasteiger partial charge is 0.341 e. The summed E-state index contributed by atoms with van der Waals surface area (Å²) in [7, 11) is 0. The van der Waals surface area contributed by atoms with Gasteiger partial charge in [0.1, 0.15) is 5.56 Å². The number of rotatable bonds is 4. The molecule has 1 aromatic heterocycles. The molecule has 1 unspecified atom stereocenters. The highest BCUT2D eigenvalue weighted by molar-refractivity contribution is 5.87. The zero-order chi connectivity index (χ0) is 16.4. The normalized spacial score (nSPS) is 17.4. The second kappa shape index (κ2) is 6.16. The number of benzene rings is 1. The molecule has 1 aliphatic heterocycles. The molecule has 2 heterocycles. The van der Waals surface area contributed by atoms with Gasteiger partial charge >= 0.3 is 5.97 Å². The molecule has 2 N–H and O–H groups in total. The molecule has 1 aromatic carbocycles. The van der Waals surface area contributed by atoms with E-state index < -0.39 is 22.7 Å². The Morgan fingerprint density at radius 1 is 1.22 bits per heavy atom. The number of aromatic nitrogens is 1. The molecule has 0 radical (unpaired) electrons. The average Bonchev–Trinajstić information content (AvgIpc) is 2.99. The number of carbonyl (C=O) groups is 1. The zero-order valence-electron chi connectivity index (χ0n) is 12.6. The monoisotopic (exact) mass is 314 g/mol. The number of para-hydroxylation sites is 1. The number of carboxylic acid groups (broad SMARTS) is 1. The number of anilines is 1. The van der Waals surface area contributed by atoms with E-state index in [2.05, 4.69) is 4.90 Å². The van der Waals surface area contributed by atoms with Crippen molar-refractivity contribution in [2.75, 3.05) is 11.4 Å². The number of hydrogen-bond donors (Lipinski definition) is 2. The van der Waals surface area contributed by atoms with Crippen LogP contribution < -0.4 is 10.3 Å². The van der Waals surface area contributed by atoms with Gasteiger partial charge in [0, 0.05) is 37.2 Å². The Balaban J connectivity index is 1.87. The fourth-order valence-corrected chi connectivity index (χ4v) is 3.10.